The number of nitro groups is 1. The lowest BCUT2D eigenvalue weighted by Gasteiger charge is -1.99. The summed E-state index contributed by atoms with van der Waals surface area (Å²) < 4.78 is 1.71. The molecule has 0 unspecified atom stereocenters. The maximum atomic E-state index is 12.4. The van der Waals surface area contributed by atoms with Gasteiger partial charge in [0, 0.05) is 24.0 Å². The van der Waals surface area contributed by atoms with Crippen molar-refractivity contribution >= 4 is 28.7 Å². The van der Waals surface area contributed by atoms with E-state index in [4.69, 9.17) is 11.6 Å². The summed E-state index contributed by atoms with van der Waals surface area (Å²) in [4.78, 5) is 26.8. The fraction of sp³-hybridized carbons (Fsp3) is 0. The summed E-state index contributed by atoms with van der Waals surface area (Å²) in [7, 11) is 0. The van der Waals surface area contributed by atoms with Crippen LogP contribution in [0, 0.1) is 10.1 Å². The van der Waals surface area contributed by atoms with Crippen LogP contribution in [0.2, 0.25) is 5.02 Å². The Bertz CT molecular complexity index is 840. The van der Waals surface area contributed by atoms with E-state index in [0.717, 1.165) is 6.07 Å². The van der Waals surface area contributed by atoms with E-state index in [2.05, 4.69) is 4.98 Å². The molecule has 3 rings (SSSR count). The second-order valence-electron chi connectivity index (χ2n) is 4.34. The van der Waals surface area contributed by atoms with Crippen LogP contribution in [0.4, 0.5) is 5.69 Å². The van der Waals surface area contributed by atoms with Gasteiger partial charge in [0.1, 0.15) is 16.4 Å². The summed E-state index contributed by atoms with van der Waals surface area (Å²) in [6.07, 6.45) is 3.35. The Morgan fingerprint density at radius 3 is 2.81 bits per heavy atom. The largest absolute Gasteiger partial charge is 0.306 e. The summed E-state index contributed by atoms with van der Waals surface area (Å²) in [5, 5.41) is 10.9. The first-order valence-corrected chi connectivity index (χ1v) is 6.36. The second-order valence-corrected chi connectivity index (χ2v) is 4.75. The zero-order valence-electron chi connectivity index (χ0n) is 10.6. The minimum Gasteiger partial charge on any atom is -0.306 e. The number of rotatable bonds is 3. The lowest BCUT2D eigenvalue weighted by atomic mass is 10.1. The summed E-state index contributed by atoms with van der Waals surface area (Å²) in [5.74, 6) is -0.390. The maximum absolute atomic E-state index is 12.4. The Hall–Kier alpha value is -2.73. The minimum absolute atomic E-state index is 0.00782. The van der Waals surface area contributed by atoms with Gasteiger partial charge in [0.15, 0.2) is 0 Å². The number of hydrogen-bond donors (Lipinski definition) is 0. The van der Waals surface area contributed by atoms with E-state index >= 15 is 0 Å². The van der Waals surface area contributed by atoms with Crippen molar-refractivity contribution in [2.75, 3.05) is 0 Å². The number of hydrogen-bond acceptors (Lipinski definition) is 4. The van der Waals surface area contributed by atoms with Crippen LogP contribution >= 0.6 is 11.6 Å². The fourth-order valence-corrected chi connectivity index (χ4v) is 2.17. The van der Waals surface area contributed by atoms with Crippen molar-refractivity contribution in [3.63, 3.8) is 0 Å². The van der Waals surface area contributed by atoms with Gasteiger partial charge in [-0.05, 0) is 24.3 Å². The number of ketones is 1. The number of benzene rings is 1. The molecule has 0 amide bonds. The molecule has 2 aromatic heterocycles. The van der Waals surface area contributed by atoms with Gasteiger partial charge in [0.25, 0.3) is 5.69 Å². The van der Waals surface area contributed by atoms with Gasteiger partial charge in [-0.3, -0.25) is 14.9 Å². The van der Waals surface area contributed by atoms with Gasteiger partial charge in [-0.15, -0.1) is 0 Å². The van der Waals surface area contributed by atoms with Gasteiger partial charge < -0.3 is 4.40 Å². The fourth-order valence-electron chi connectivity index (χ4n) is 1.99. The number of pyridine rings is 1. The molecular weight excluding hydrogens is 294 g/mol. The highest BCUT2D eigenvalue weighted by molar-refractivity contribution is 6.32. The molecule has 0 atom stereocenters. The van der Waals surface area contributed by atoms with Gasteiger partial charge >= 0.3 is 0 Å². The number of nitrogens with zero attached hydrogens (tertiary/aromatic N) is 3. The van der Waals surface area contributed by atoms with Gasteiger partial charge in [-0.2, -0.15) is 0 Å². The molecule has 0 saturated heterocycles. The minimum atomic E-state index is -0.622. The molecule has 7 heteroatoms. The van der Waals surface area contributed by atoms with Crippen LogP contribution in [0.25, 0.3) is 5.65 Å². The molecule has 6 nitrogen and oxygen atoms in total. The third kappa shape index (κ3) is 2.36. The summed E-state index contributed by atoms with van der Waals surface area (Å²) in [6, 6.07) is 9.33. The molecule has 0 aliphatic heterocycles. The Labute approximate surface area is 123 Å². The van der Waals surface area contributed by atoms with Crippen LogP contribution in [0.1, 0.15) is 16.1 Å². The van der Waals surface area contributed by atoms with E-state index in [9.17, 15) is 14.9 Å². The molecule has 0 aliphatic rings. The highest BCUT2D eigenvalue weighted by Crippen LogP contribution is 2.26. The van der Waals surface area contributed by atoms with Crippen molar-refractivity contribution in [2.45, 2.75) is 0 Å². The zero-order valence-corrected chi connectivity index (χ0v) is 11.3. The zero-order chi connectivity index (χ0) is 15.0. The smallest absolute Gasteiger partial charge is 0.288 e. The average Bonchev–Trinajstić information content (AvgIpc) is 2.90. The summed E-state index contributed by atoms with van der Waals surface area (Å²) in [6.45, 7) is 0. The molecule has 3 aromatic rings. The van der Waals surface area contributed by atoms with Gasteiger partial charge in [0.2, 0.25) is 5.78 Å². The molecule has 0 aliphatic carbocycles. The van der Waals surface area contributed by atoms with Crippen LogP contribution in [-0.2, 0) is 0 Å². The molecule has 21 heavy (non-hydrogen) atoms. The van der Waals surface area contributed by atoms with Crippen molar-refractivity contribution < 1.29 is 9.72 Å². The second kappa shape index (κ2) is 4.99. The molecule has 1 aromatic carbocycles. The predicted octanol–water partition coefficient (Wildman–Crippen LogP) is 3.13. The Kier molecular flexibility index (Phi) is 3.15. The summed E-state index contributed by atoms with van der Waals surface area (Å²) in [5.41, 5.74) is 0.725. The molecule has 0 saturated carbocycles. The molecule has 0 radical (unpaired) electrons. The molecule has 104 valence electrons. The first-order valence-electron chi connectivity index (χ1n) is 5.98. The third-order valence-electron chi connectivity index (χ3n) is 3.00. The van der Waals surface area contributed by atoms with E-state index < -0.39 is 10.7 Å². The van der Waals surface area contributed by atoms with Crippen molar-refractivity contribution in [3.8, 4) is 0 Å². The lowest BCUT2D eigenvalue weighted by molar-refractivity contribution is -0.384. The topological polar surface area (TPSA) is 77.5 Å². The summed E-state index contributed by atoms with van der Waals surface area (Å²) >= 11 is 5.73. The first kappa shape index (κ1) is 13.3. The maximum Gasteiger partial charge on any atom is 0.288 e. The molecule has 0 spiro atoms. The van der Waals surface area contributed by atoms with Crippen molar-refractivity contribution in [1.82, 2.24) is 9.38 Å². The number of aromatic nitrogens is 2. The third-order valence-corrected chi connectivity index (χ3v) is 3.32. The molecule has 0 N–H and O–H groups in total. The average molecular weight is 302 g/mol. The number of fused-ring (bicyclic) bond motifs is 1. The molecule has 0 bridgehead atoms. The Morgan fingerprint density at radius 1 is 1.29 bits per heavy atom. The Balaban J connectivity index is 2.05. The van der Waals surface area contributed by atoms with Crippen molar-refractivity contribution in [2.24, 2.45) is 0 Å². The van der Waals surface area contributed by atoms with Crippen LogP contribution in [-0.4, -0.2) is 20.1 Å². The van der Waals surface area contributed by atoms with E-state index in [1.165, 1.54) is 12.1 Å². The normalized spacial score (nSPS) is 10.7. The van der Waals surface area contributed by atoms with Crippen LogP contribution in [0.5, 0.6) is 0 Å². The monoisotopic (exact) mass is 301 g/mol. The predicted molar refractivity (Wildman–Crippen MR) is 76.7 cm³/mol. The van der Waals surface area contributed by atoms with Crippen LogP contribution < -0.4 is 0 Å². The van der Waals surface area contributed by atoms with Crippen molar-refractivity contribution in [1.29, 1.82) is 0 Å². The van der Waals surface area contributed by atoms with Crippen LogP contribution in [0.15, 0.2) is 48.8 Å². The molecule has 0 fully saturated rings. The number of imidazole rings is 1. The number of carbonyl (C=O) groups is 1. The standard InChI is InChI=1S/C14H8ClN3O3/c15-10-5-4-9(7-12(10)18(20)21)14(19)11-8-17-6-2-1-3-13(17)16-11/h1-8H. The van der Waals surface area contributed by atoms with Gasteiger partial charge in [-0.25, -0.2) is 4.98 Å². The van der Waals surface area contributed by atoms with Crippen molar-refractivity contribution in [3.05, 3.63) is 75.2 Å². The number of halogens is 1. The number of nitro benzene ring substituents is 1. The SMILES string of the molecule is O=C(c1ccc(Cl)c([N+](=O)[O-])c1)c1cn2ccccc2n1. The highest BCUT2D eigenvalue weighted by Gasteiger charge is 2.19. The van der Waals surface area contributed by atoms with Crippen LogP contribution in [0.3, 0.4) is 0 Å². The van der Waals surface area contributed by atoms with E-state index in [1.807, 2.05) is 12.1 Å². The quantitative estimate of drug-likeness (QED) is 0.423. The van der Waals surface area contributed by atoms with E-state index in [1.54, 1.807) is 22.9 Å². The molecule has 2 heterocycles. The molecular formula is C14H8ClN3O3. The van der Waals surface area contributed by atoms with Gasteiger partial charge in [0.05, 0.1) is 4.92 Å². The first-order chi connectivity index (χ1) is 10.1. The highest BCUT2D eigenvalue weighted by atomic mass is 35.5. The van der Waals surface area contributed by atoms with E-state index in [-0.39, 0.29) is 22.0 Å². The van der Waals surface area contributed by atoms with E-state index in [0.29, 0.717) is 5.65 Å². The Morgan fingerprint density at radius 2 is 2.10 bits per heavy atom. The number of carbonyl (C=O) groups excluding carboxylic acids is 1. The van der Waals surface area contributed by atoms with Gasteiger partial charge in [-0.1, -0.05) is 17.7 Å². The lowest BCUT2D eigenvalue weighted by Crippen LogP contribution is -2.02.